The Morgan fingerprint density at radius 3 is 1.66 bits per heavy atom. The van der Waals surface area contributed by atoms with E-state index in [0.29, 0.717) is 45.2 Å². The fraction of sp³-hybridized carbons (Fsp3) is 0.627. The van der Waals surface area contributed by atoms with E-state index in [9.17, 15) is 38.7 Å². The Labute approximate surface area is 386 Å². The molecule has 14 heteroatoms. The van der Waals surface area contributed by atoms with Crippen molar-refractivity contribution >= 4 is 41.4 Å². The lowest BCUT2D eigenvalue weighted by Crippen LogP contribution is -2.65. The number of carbonyl (C=O) groups excluding carboxylic acids is 6. The first-order chi connectivity index (χ1) is 30.5. The number of carbonyl (C=O) groups is 7. The maximum Gasteiger partial charge on any atom is 0.312 e. The second-order valence-corrected chi connectivity index (χ2v) is 20.8. The van der Waals surface area contributed by atoms with Crippen LogP contribution in [0.4, 0.5) is 0 Å². The summed E-state index contributed by atoms with van der Waals surface area (Å²) in [5.74, 6) is -5.53. The molecule has 1 saturated heterocycles. The average molecular weight is 901 g/mol. The smallest absolute Gasteiger partial charge is 0.312 e. The fourth-order valence-corrected chi connectivity index (χ4v) is 9.55. The number of nitrogens with zero attached hydrogens (tertiary/aromatic N) is 2. The van der Waals surface area contributed by atoms with Crippen LogP contribution in [0.3, 0.4) is 0 Å². The number of likely N-dealkylation sites (tertiary alicyclic amines) is 1. The molecule has 1 heterocycles. The summed E-state index contributed by atoms with van der Waals surface area (Å²) < 4.78 is 0. The topological polar surface area (TPSA) is 194 Å². The van der Waals surface area contributed by atoms with Crippen molar-refractivity contribution in [2.45, 2.75) is 157 Å². The zero-order valence-corrected chi connectivity index (χ0v) is 40.5. The highest BCUT2D eigenvalue weighted by molar-refractivity contribution is 5.99. The molecule has 5 atom stereocenters. The summed E-state index contributed by atoms with van der Waals surface area (Å²) in [5, 5.41) is 22.1. The van der Waals surface area contributed by atoms with Crippen molar-refractivity contribution in [1.82, 2.24) is 31.1 Å². The molecule has 0 radical (unpaired) electrons. The van der Waals surface area contributed by atoms with Gasteiger partial charge in [-0.2, -0.15) is 0 Å². The van der Waals surface area contributed by atoms with Crippen LogP contribution in [0.15, 0.2) is 60.7 Å². The lowest BCUT2D eigenvalue weighted by molar-refractivity contribution is -0.155. The highest BCUT2D eigenvalue weighted by Gasteiger charge is 2.53. The maximum atomic E-state index is 14.6. The number of benzene rings is 2. The van der Waals surface area contributed by atoms with Crippen LogP contribution in [0.2, 0.25) is 0 Å². The number of aliphatic carboxylic acids is 1. The van der Waals surface area contributed by atoms with Gasteiger partial charge in [0.15, 0.2) is 0 Å². The molecule has 0 spiro atoms. The molecular weight excluding hydrogens is 825 g/mol. The Balaban J connectivity index is 1.65. The molecular formula is C51H76N6O8. The van der Waals surface area contributed by atoms with E-state index in [1.807, 2.05) is 102 Å². The molecule has 1 aliphatic carbocycles. The normalized spacial score (nSPS) is 17.4. The predicted octanol–water partition coefficient (Wildman–Crippen LogP) is 5.67. The van der Waals surface area contributed by atoms with E-state index in [0.717, 1.165) is 24.0 Å². The van der Waals surface area contributed by atoms with E-state index in [2.05, 4.69) is 21.3 Å². The molecule has 4 rings (SSSR count). The second kappa shape index (κ2) is 22.8. The van der Waals surface area contributed by atoms with E-state index in [4.69, 9.17) is 0 Å². The largest absolute Gasteiger partial charge is 0.481 e. The predicted molar refractivity (Wildman–Crippen MR) is 251 cm³/mol. The molecule has 1 aliphatic heterocycles. The van der Waals surface area contributed by atoms with Gasteiger partial charge in [-0.1, -0.05) is 136 Å². The lowest BCUT2D eigenvalue weighted by Gasteiger charge is -2.38. The van der Waals surface area contributed by atoms with Crippen LogP contribution in [0.5, 0.6) is 0 Å². The molecule has 1 saturated carbocycles. The maximum absolute atomic E-state index is 14.6. The molecule has 65 heavy (non-hydrogen) atoms. The quantitative estimate of drug-likeness (QED) is 0.112. The van der Waals surface area contributed by atoms with Crippen molar-refractivity contribution in [3.8, 4) is 0 Å². The molecule has 5 N–H and O–H groups in total. The number of nitrogens with one attached hydrogen (secondary N) is 4. The van der Waals surface area contributed by atoms with Crippen LogP contribution < -0.4 is 21.3 Å². The summed E-state index contributed by atoms with van der Waals surface area (Å²) in [7, 11) is 1.61. The monoisotopic (exact) mass is 901 g/mol. The summed E-state index contributed by atoms with van der Waals surface area (Å²) in [6.07, 6.45) is 3.97. The highest BCUT2D eigenvalue weighted by atomic mass is 16.4. The van der Waals surface area contributed by atoms with Gasteiger partial charge in [0.2, 0.25) is 35.4 Å². The first-order valence-electron chi connectivity index (χ1n) is 23.6. The van der Waals surface area contributed by atoms with Gasteiger partial charge < -0.3 is 36.2 Å². The van der Waals surface area contributed by atoms with Crippen LogP contribution in [0, 0.1) is 28.1 Å². The fourth-order valence-electron chi connectivity index (χ4n) is 9.55. The Hall–Kier alpha value is -5.27. The summed E-state index contributed by atoms with van der Waals surface area (Å²) in [5.41, 5.74) is -0.958. The number of carboxylic acids is 1. The van der Waals surface area contributed by atoms with Crippen molar-refractivity contribution in [3.05, 3.63) is 71.8 Å². The van der Waals surface area contributed by atoms with Crippen molar-refractivity contribution in [2.75, 3.05) is 20.1 Å². The molecule has 358 valence electrons. The number of rotatable bonds is 20. The summed E-state index contributed by atoms with van der Waals surface area (Å²) in [6, 6.07) is 13.8. The summed E-state index contributed by atoms with van der Waals surface area (Å²) >= 11 is 0. The zero-order chi connectivity index (χ0) is 48.3. The summed E-state index contributed by atoms with van der Waals surface area (Å²) in [4.78, 5) is 102. The number of carboxylic acid groups (broad SMARTS) is 1. The van der Waals surface area contributed by atoms with Gasteiger partial charge in [-0.3, -0.25) is 33.6 Å². The molecule has 14 nitrogen and oxygen atoms in total. The third kappa shape index (κ3) is 13.9. The van der Waals surface area contributed by atoms with E-state index < -0.39 is 76.9 Å². The van der Waals surface area contributed by atoms with Crippen LogP contribution >= 0.6 is 0 Å². The number of likely N-dealkylation sites (N-methyl/N-ethyl adjacent to an activating group) is 1. The minimum atomic E-state index is -1.61. The first kappa shape index (κ1) is 52.4. The molecule has 0 bridgehead atoms. The number of hydrogen-bond acceptors (Lipinski definition) is 7. The zero-order valence-electron chi connectivity index (χ0n) is 40.5. The van der Waals surface area contributed by atoms with Gasteiger partial charge in [-0.05, 0) is 72.8 Å². The van der Waals surface area contributed by atoms with E-state index >= 15 is 0 Å². The van der Waals surface area contributed by atoms with Gasteiger partial charge in [0.25, 0.3) is 0 Å². The van der Waals surface area contributed by atoms with Crippen molar-refractivity contribution in [2.24, 2.45) is 28.1 Å². The second-order valence-electron chi connectivity index (χ2n) is 20.8. The van der Waals surface area contributed by atoms with Crippen LogP contribution in [-0.4, -0.2) is 107 Å². The van der Waals surface area contributed by atoms with Gasteiger partial charge in [0, 0.05) is 32.1 Å². The third-order valence-electron chi connectivity index (χ3n) is 13.3. The van der Waals surface area contributed by atoms with E-state index in [1.54, 1.807) is 32.7 Å². The van der Waals surface area contributed by atoms with Crippen molar-refractivity contribution in [1.29, 1.82) is 0 Å². The van der Waals surface area contributed by atoms with E-state index in [-0.39, 0.29) is 42.0 Å². The SMILES string of the molecule is CCC(NC(=O)C(NC(=O)C(CC(=O)N1CCCC1)NC(=O)C(NC(=O)C(C(C)C)N(C)C(=O)C(Cc1ccccc1)Cc1ccccc1)C(C)(C)C)C1(C(=O)O)CCCC1)C(C)(C)C. The molecule has 2 aromatic carbocycles. The van der Waals surface area contributed by atoms with E-state index in [1.165, 1.54) is 4.90 Å². The van der Waals surface area contributed by atoms with Crippen LogP contribution in [0.25, 0.3) is 0 Å². The molecule has 5 unspecified atom stereocenters. The Morgan fingerprint density at radius 2 is 1.22 bits per heavy atom. The molecule has 2 aliphatic rings. The minimum Gasteiger partial charge on any atom is -0.481 e. The van der Waals surface area contributed by atoms with Crippen LogP contribution in [-0.2, 0) is 46.4 Å². The average Bonchev–Trinajstić information content (AvgIpc) is 3.97. The van der Waals surface area contributed by atoms with Gasteiger partial charge in [0.1, 0.15) is 24.2 Å². The van der Waals surface area contributed by atoms with Crippen LogP contribution in [0.1, 0.15) is 125 Å². The van der Waals surface area contributed by atoms with Gasteiger partial charge in [-0.15, -0.1) is 0 Å². The standard InChI is InChI=1S/C51H76N6O8/c1-11-38(49(4,5)6)53-46(62)42(51(48(64)65)26-18-19-27-51)55-43(59)37(32-39(58)57-28-20-21-29-57)52-45(61)41(50(7,8)9)54-44(60)40(33(2)3)56(10)47(63)36(30-34-22-14-12-15-23-34)31-35-24-16-13-17-25-35/h12-17,22-25,33,36-38,40-42H,11,18-21,26-32H2,1-10H3,(H,52,61)(H,53,62)(H,54,60)(H,55,59)(H,64,65). The van der Waals surface area contributed by atoms with Crippen molar-refractivity contribution in [3.63, 3.8) is 0 Å². The molecule has 6 amide bonds. The molecule has 0 aromatic heterocycles. The molecule has 2 fully saturated rings. The summed E-state index contributed by atoms with van der Waals surface area (Å²) in [6.45, 7) is 17.7. The Bertz CT molecular complexity index is 1910. The number of hydrogen-bond donors (Lipinski definition) is 5. The van der Waals surface area contributed by atoms with Gasteiger partial charge >= 0.3 is 5.97 Å². The highest BCUT2D eigenvalue weighted by Crippen LogP contribution is 2.42. The van der Waals surface area contributed by atoms with Crippen molar-refractivity contribution < 1.29 is 38.7 Å². The Morgan fingerprint density at radius 1 is 0.692 bits per heavy atom. The third-order valence-corrected chi connectivity index (χ3v) is 13.3. The first-order valence-corrected chi connectivity index (χ1v) is 23.6. The minimum absolute atomic E-state index is 0.155. The van der Waals surface area contributed by atoms with Gasteiger partial charge in [0.05, 0.1) is 11.8 Å². The Kier molecular flexibility index (Phi) is 18.3. The number of amides is 6. The van der Waals surface area contributed by atoms with Gasteiger partial charge in [-0.25, -0.2) is 0 Å². The molecule has 2 aromatic rings. The lowest BCUT2D eigenvalue weighted by atomic mass is 9.77.